The Morgan fingerprint density at radius 2 is 1.82 bits per heavy atom. The second kappa shape index (κ2) is 12.6. The van der Waals surface area contributed by atoms with Crippen LogP contribution in [0.1, 0.15) is 32.1 Å². The summed E-state index contributed by atoms with van der Waals surface area (Å²) < 4.78 is 22.2. The van der Waals surface area contributed by atoms with Gasteiger partial charge in [0.25, 0.3) is 16.4 Å². The molecule has 16 heteroatoms. The summed E-state index contributed by atoms with van der Waals surface area (Å²) in [7, 11) is -5.31. The predicted octanol–water partition coefficient (Wildman–Crippen LogP) is -8.09. The summed E-state index contributed by atoms with van der Waals surface area (Å²) in [6, 6.07) is -0.775. The largest absolute Gasteiger partial charge is 1.00 e. The molecule has 1 aromatic carbocycles. The zero-order valence-corrected chi connectivity index (χ0v) is 24.5. The first-order valence-corrected chi connectivity index (χ1v) is 11.4. The van der Waals surface area contributed by atoms with E-state index in [4.69, 9.17) is 4.74 Å². The minimum Gasteiger partial charge on any atom is -0.790 e. The zero-order chi connectivity index (χ0) is 23.8. The van der Waals surface area contributed by atoms with Crippen molar-refractivity contribution in [2.75, 3.05) is 29.9 Å². The molecule has 13 nitrogen and oxygen atoms in total. The number of rotatable bonds is 9. The fraction of sp³-hybridized carbons (Fsp3) is 0.556. The average molecular weight is 516 g/mol. The number of phosphoric ester groups is 1. The molecule has 3 atom stereocenters. The van der Waals surface area contributed by atoms with E-state index in [1.165, 1.54) is 13.1 Å². The Kier molecular flexibility index (Phi) is 11.7. The maximum atomic E-state index is 12.2. The normalized spacial score (nSPS) is 20.0. The van der Waals surface area contributed by atoms with Crippen LogP contribution in [0, 0.1) is 6.92 Å². The maximum Gasteiger partial charge on any atom is 1.00 e. The molecule has 2 heterocycles. The molecule has 0 amide bonds. The number of hydrogen-bond donors (Lipinski definition) is 2. The van der Waals surface area contributed by atoms with Gasteiger partial charge in [-0.15, -0.1) is 0 Å². The van der Waals surface area contributed by atoms with Crippen molar-refractivity contribution in [3.05, 3.63) is 53.0 Å². The van der Waals surface area contributed by atoms with Gasteiger partial charge < -0.3 is 33.8 Å². The first-order valence-electron chi connectivity index (χ1n) is 9.95. The molecule has 0 radical (unpaired) electrons. The van der Waals surface area contributed by atoms with Crippen LogP contribution in [-0.2, 0) is 13.8 Å². The van der Waals surface area contributed by atoms with Crippen molar-refractivity contribution in [2.24, 2.45) is 0 Å². The Balaban J connectivity index is 0.00000289. The van der Waals surface area contributed by atoms with Crippen LogP contribution < -0.4 is 101 Å². The van der Waals surface area contributed by atoms with Gasteiger partial charge in [-0.2, -0.15) is 0 Å². The van der Waals surface area contributed by atoms with Gasteiger partial charge in [0, 0.05) is 31.3 Å². The molecule has 2 N–H and O–H groups in total. The first kappa shape index (κ1) is 31.5. The Bertz CT molecular complexity index is 1230. The second-order valence-electron chi connectivity index (χ2n) is 7.39. The summed E-state index contributed by atoms with van der Waals surface area (Å²) in [5.41, 5.74) is -2.19. The van der Waals surface area contributed by atoms with Crippen LogP contribution in [0.15, 0.2) is 25.4 Å². The zero-order valence-electron chi connectivity index (χ0n) is 19.7. The average Bonchev–Trinajstić information content (AvgIpc) is 3.13. The van der Waals surface area contributed by atoms with Gasteiger partial charge in [0.1, 0.15) is 23.7 Å². The van der Waals surface area contributed by atoms with Gasteiger partial charge in [-0.05, 0) is 20.8 Å². The summed E-state index contributed by atoms with van der Waals surface area (Å²) in [6.07, 6.45) is -0.663. The van der Waals surface area contributed by atoms with E-state index in [0.29, 0.717) is 13.1 Å². The first-order chi connectivity index (χ1) is 15.0. The Morgan fingerprint density at radius 3 is 2.38 bits per heavy atom. The third kappa shape index (κ3) is 6.80. The molecular weight excluding hydrogens is 493 g/mol. The molecule has 0 aliphatic carbocycles. The van der Waals surface area contributed by atoms with Crippen LogP contribution >= 0.6 is 7.82 Å². The van der Waals surface area contributed by atoms with E-state index in [9.17, 15) is 33.5 Å². The molecule has 176 valence electrons. The van der Waals surface area contributed by atoms with E-state index in [2.05, 4.69) is 14.8 Å². The van der Waals surface area contributed by atoms with Gasteiger partial charge in [0.05, 0.1) is 20.5 Å². The molecule has 1 saturated heterocycles. The van der Waals surface area contributed by atoms with Crippen LogP contribution in [0.25, 0.3) is 0 Å². The van der Waals surface area contributed by atoms with Gasteiger partial charge in [0.2, 0.25) is 0 Å². The Hall–Kier alpha value is -0.570. The molecule has 0 bridgehead atoms. The van der Waals surface area contributed by atoms with Crippen molar-refractivity contribution < 1.29 is 82.7 Å². The summed E-state index contributed by atoms with van der Waals surface area (Å²) in [6.45, 7) is 5.43. The number of aryl methyl sites for hydroxylation is 1. The molecule has 0 spiro atoms. The number of phosphoric acid groups is 1. The third-order valence-corrected chi connectivity index (χ3v) is 5.85. The Morgan fingerprint density at radius 1 is 1.21 bits per heavy atom. The molecule has 3 rings (SSSR count). The molecule has 1 aliphatic rings. The molecular formula is C18H23N4Na2O9P. The Labute approximate surface area is 238 Å². The van der Waals surface area contributed by atoms with Gasteiger partial charge in [-0.1, -0.05) is 0 Å². The number of nitrogens with one attached hydrogen (secondary N) is 2. The summed E-state index contributed by atoms with van der Waals surface area (Å²) in [4.78, 5) is 73.9. The molecule has 1 aliphatic heterocycles. The molecule has 1 aromatic heterocycles. The number of ether oxygens (including phenoxy) is 1. The molecule has 2 aromatic rings. The summed E-state index contributed by atoms with van der Waals surface area (Å²) >= 11 is 0. The number of H-pyrrole nitrogens is 1. The number of aromatic nitrogens is 2. The van der Waals surface area contributed by atoms with Gasteiger partial charge in [-0.25, -0.2) is 4.79 Å². The van der Waals surface area contributed by atoms with E-state index < -0.39 is 54.9 Å². The van der Waals surface area contributed by atoms with Crippen molar-refractivity contribution in [2.45, 2.75) is 45.6 Å². The van der Waals surface area contributed by atoms with Crippen LogP contribution in [0.3, 0.4) is 0 Å². The minimum absolute atomic E-state index is 0. The number of nitrogens with zero attached hydrogens (tertiary/aromatic N) is 2. The predicted molar refractivity (Wildman–Crippen MR) is 110 cm³/mol. The quantitative estimate of drug-likeness (QED) is 0.183. The van der Waals surface area contributed by atoms with E-state index >= 15 is 0 Å². The summed E-state index contributed by atoms with van der Waals surface area (Å²) in [5, 5.41) is 2.91. The van der Waals surface area contributed by atoms with Gasteiger partial charge >= 0.3 is 64.8 Å². The number of hydrogen-bond acceptors (Lipinski definition) is 11. The number of aromatic amines is 1. The van der Waals surface area contributed by atoms with E-state index in [0.717, 1.165) is 4.57 Å². The smallest absolute Gasteiger partial charge is 0.790 e. The van der Waals surface area contributed by atoms with Crippen LogP contribution in [0.4, 0.5) is 11.4 Å². The molecule has 34 heavy (non-hydrogen) atoms. The van der Waals surface area contributed by atoms with E-state index in [1.807, 2.05) is 13.8 Å². The standard InChI is InChI=1S/C18H25N4O9P.2Na/c1-4-21(5-2)14-13(15(23)16(14)24)19-10-6-12(31-11(10)8-30-32(27,28)29)22-7-9(3)17(25)20-18(22)26;;/h7,10-12,19H,4-6,8H2,1-3H3,(H,20,25,26)(H2,27,28,29);;/q;2*+1/p-2/t10-,11+,12+;;/m0../s1. The molecule has 1 fully saturated rings. The van der Waals surface area contributed by atoms with Crippen molar-refractivity contribution in [3.63, 3.8) is 0 Å². The van der Waals surface area contributed by atoms with Gasteiger partial charge in [-0.3, -0.25) is 23.9 Å². The van der Waals surface area contributed by atoms with E-state index in [-0.39, 0.29) is 82.5 Å². The number of anilines is 2. The molecule has 0 saturated carbocycles. The van der Waals surface area contributed by atoms with Crippen molar-refractivity contribution in [3.8, 4) is 0 Å². The van der Waals surface area contributed by atoms with Crippen molar-refractivity contribution in [1.29, 1.82) is 0 Å². The van der Waals surface area contributed by atoms with Crippen LogP contribution in [-0.4, -0.2) is 41.4 Å². The van der Waals surface area contributed by atoms with Gasteiger partial charge in [0.15, 0.2) is 0 Å². The third-order valence-electron chi connectivity index (χ3n) is 5.38. The topological polar surface area (TPSA) is 186 Å². The monoisotopic (exact) mass is 516 g/mol. The van der Waals surface area contributed by atoms with Crippen LogP contribution in [0.2, 0.25) is 0 Å². The fourth-order valence-electron chi connectivity index (χ4n) is 3.71. The van der Waals surface area contributed by atoms with E-state index in [1.54, 1.807) is 4.90 Å². The molecule has 0 unspecified atom stereocenters. The fourth-order valence-corrected chi connectivity index (χ4v) is 4.04. The minimum atomic E-state index is -5.31. The SMILES string of the molecule is CCN(CC)c1c(N[C@H]2C[C@H](n3cc(C)c(=O)[nH]c3=O)O[C@@H]2COP(=O)([O-])[O-])c(=O)c1=O.[Na+].[Na+]. The second-order valence-corrected chi connectivity index (χ2v) is 8.54. The maximum absolute atomic E-state index is 12.2. The van der Waals surface area contributed by atoms with Crippen molar-refractivity contribution in [1.82, 2.24) is 9.55 Å². The van der Waals surface area contributed by atoms with Crippen molar-refractivity contribution >= 4 is 19.2 Å². The summed E-state index contributed by atoms with van der Waals surface area (Å²) in [5.74, 6) is 0. The van der Waals surface area contributed by atoms with Crippen LogP contribution in [0.5, 0.6) is 0 Å².